The first-order valence-electron chi connectivity index (χ1n) is 6.91. The molecule has 0 radical (unpaired) electrons. The van der Waals surface area contributed by atoms with Crippen LogP contribution in [-0.2, 0) is 20.0 Å². The Labute approximate surface area is 142 Å². The van der Waals surface area contributed by atoms with Crippen LogP contribution in [0.4, 0.5) is 5.69 Å². The molecule has 0 atom stereocenters. The monoisotopic (exact) mass is 378 g/mol. The van der Waals surface area contributed by atoms with E-state index in [2.05, 4.69) is 15.6 Å². The second-order valence-corrected chi connectivity index (χ2v) is 8.71. The molecule has 11 heteroatoms. The number of aliphatic imine (C=N–C) groups is 1. The van der Waals surface area contributed by atoms with Gasteiger partial charge in [0.1, 0.15) is 12.4 Å². The molecule has 1 aromatic rings. The van der Waals surface area contributed by atoms with Gasteiger partial charge in [-0.25, -0.2) is 16.8 Å². The number of nitrogens with zero attached hydrogens (tertiary/aromatic N) is 2. The highest BCUT2D eigenvalue weighted by atomic mass is 32.3. The quantitative estimate of drug-likeness (QED) is 0.376. The van der Waals surface area contributed by atoms with Gasteiger partial charge in [0.15, 0.2) is 5.96 Å². The van der Waals surface area contributed by atoms with E-state index in [-0.39, 0.29) is 5.69 Å². The van der Waals surface area contributed by atoms with E-state index in [1.165, 1.54) is 24.3 Å². The molecule has 136 valence electrons. The summed E-state index contributed by atoms with van der Waals surface area (Å²) in [6, 6.07) is 5.76. The van der Waals surface area contributed by atoms with Crippen molar-refractivity contribution in [2.45, 2.75) is 0 Å². The zero-order valence-electron chi connectivity index (χ0n) is 14.0. The molecule has 0 unspecified atom stereocenters. The van der Waals surface area contributed by atoms with Crippen LogP contribution in [0.15, 0.2) is 29.3 Å². The van der Waals surface area contributed by atoms with Gasteiger partial charge in [0.25, 0.3) is 0 Å². The topological polar surface area (TPSA) is 117 Å². The van der Waals surface area contributed by atoms with E-state index in [1.807, 2.05) is 0 Å². The molecule has 0 saturated carbocycles. The number of benzene rings is 1. The zero-order valence-corrected chi connectivity index (χ0v) is 15.6. The van der Waals surface area contributed by atoms with Gasteiger partial charge in [-0.2, -0.15) is 3.71 Å². The molecule has 0 amide bonds. The van der Waals surface area contributed by atoms with Crippen molar-refractivity contribution < 1.29 is 21.6 Å². The predicted molar refractivity (Wildman–Crippen MR) is 94.5 cm³/mol. The first-order chi connectivity index (χ1) is 11.1. The SMILES string of the molecule is CN=C(NC)NCCOc1ccc(N(S(C)(=O)=O)S(C)(=O)=O)cc1. The third kappa shape index (κ3) is 5.89. The van der Waals surface area contributed by atoms with Crippen LogP contribution in [0, 0.1) is 0 Å². The highest BCUT2D eigenvalue weighted by Crippen LogP contribution is 2.23. The number of anilines is 1. The van der Waals surface area contributed by atoms with Crippen LogP contribution in [-0.4, -0.2) is 62.6 Å². The Morgan fingerprint density at radius 2 is 1.67 bits per heavy atom. The Bertz CT molecular complexity index is 741. The van der Waals surface area contributed by atoms with E-state index < -0.39 is 20.0 Å². The molecular weight excluding hydrogens is 356 g/mol. The van der Waals surface area contributed by atoms with Crippen LogP contribution >= 0.6 is 0 Å². The van der Waals surface area contributed by atoms with Gasteiger partial charge >= 0.3 is 0 Å². The van der Waals surface area contributed by atoms with Gasteiger partial charge in [0.05, 0.1) is 24.7 Å². The van der Waals surface area contributed by atoms with E-state index in [4.69, 9.17) is 4.74 Å². The largest absolute Gasteiger partial charge is 0.492 e. The zero-order chi connectivity index (χ0) is 18.4. The third-order valence-electron chi connectivity index (χ3n) is 2.77. The second kappa shape index (κ2) is 8.20. The minimum absolute atomic E-state index is 0.0288. The Balaban J connectivity index is 2.75. The summed E-state index contributed by atoms with van der Waals surface area (Å²) in [5.74, 6) is 1.12. The number of rotatable bonds is 7. The van der Waals surface area contributed by atoms with Crippen LogP contribution in [0.1, 0.15) is 0 Å². The minimum Gasteiger partial charge on any atom is -0.492 e. The van der Waals surface area contributed by atoms with E-state index in [0.29, 0.717) is 28.6 Å². The van der Waals surface area contributed by atoms with Crippen LogP contribution in [0.5, 0.6) is 5.75 Å². The number of hydrogen-bond donors (Lipinski definition) is 2. The molecule has 9 nitrogen and oxygen atoms in total. The molecule has 0 fully saturated rings. The van der Waals surface area contributed by atoms with Crippen LogP contribution < -0.4 is 19.1 Å². The Kier molecular flexibility index (Phi) is 6.84. The fraction of sp³-hybridized carbons (Fsp3) is 0.462. The predicted octanol–water partition coefficient (Wildman–Crippen LogP) is -0.414. The first-order valence-corrected chi connectivity index (χ1v) is 10.6. The summed E-state index contributed by atoms with van der Waals surface area (Å²) >= 11 is 0. The molecule has 0 bridgehead atoms. The molecule has 0 aliphatic carbocycles. The summed E-state index contributed by atoms with van der Waals surface area (Å²) in [6.45, 7) is 0.857. The van der Waals surface area contributed by atoms with Crippen molar-refractivity contribution in [2.24, 2.45) is 4.99 Å². The smallest absolute Gasteiger partial charge is 0.245 e. The fourth-order valence-electron chi connectivity index (χ4n) is 1.91. The molecule has 2 N–H and O–H groups in total. The summed E-state index contributed by atoms with van der Waals surface area (Å²) in [4.78, 5) is 3.95. The fourth-order valence-corrected chi connectivity index (χ4v) is 4.89. The van der Waals surface area contributed by atoms with Crippen molar-refractivity contribution in [3.8, 4) is 5.75 Å². The summed E-state index contributed by atoms with van der Waals surface area (Å²) in [7, 11) is -4.51. The summed E-state index contributed by atoms with van der Waals surface area (Å²) in [5.41, 5.74) is 0.0288. The minimum atomic E-state index is -3.95. The van der Waals surface area contributed by atoms with Crippen molar-refractivity contribution in [2.75, 3.05) is 43.5 Å². The Hall–Kier alpha value is -2.01. The maximum Gasteiger partial charge on any atom is 0.245 e. The van der Waals surface area contributed by atoms with Crippen molar-refractivity contribution in [3.05, 3.63) is 24.3 Å². The number of nitrogens with one attached hydrogen (secondary N) is 2. The summed E-state index contributed by atoms with van der Waals surface area (Å²) in [5, 5.41) is 5.87. The Morgan fingerprint density at radius 3 is 2.08 bits per heavy atom. The molecular formula is C13H22N4O5S2. The molecule has 0 heterocycles. The van der Waals surface area contributed by atoms with Gasteiger partial charge in [-0.1, -0.05) is 0 Å². The second-order valence-electron chi connectivity index (χ2n) is 4.81. The average molecular weight is 378 g/mol. The average Bonchev–Trinajstić information content (AvgIpc) is 2.46. The van der Waals surface area contributed by atoms with Crippen molar-refractivity contribution in [1.29, 1.82) is 0 Å². The molecule has 0 aliphatic heterocycles. The lowest BCUT2D eigenvalue weighted by molar-refractivity contribution is 0.322. The molecule has 0 spiro atoms. The van der Waals surface area contributed by atoms with Gasteiger partial charge in [-0.15, -0.1) is 0 Å². The van der Waals surface area contributed by atoms with Crippen LogP contribution in [0.2, 0.25) is 0 Å². The van der Waals surface area contributed by atoms with Gasteiger partial charge in [0.2, 0.25) is 20.0 Å². The number of guanidine groups is 1. The molecule has 24 heavy (non-hydrogen) atoms. The van der Waals surface area contributed by atoms with Gasteiger partial charge in [-0.3, -0.25) is 4.99 Å². The normalized spacial score (nSPS) is 12.6. The van der Waals surface area contributed by atoms with E-state index in [0.717, 1.165) is 12.5 Å². The Morgan fingerprint density at radius 1 is 1.12 bits per heavy atom. The van der Waals surface area contributed by atoms with Crippen LogP contribution in [0.3, 0.4) is 0 Å². The lowest BCUT2D eigenvalue weighted by Crippen LogP contribution is -2.37. The van der Waals surface area contributed by atoms with Crippen molar-refractivity contribution in [1.82, 2.24) is 10.6 Å². The van der Waals surface area contributed by atoms with Crippen molar-refractivity contribution in [3.63, 3.8) is 0 Å². The number of hydrogen-bond acceptors (Lipinski definition) is 6. The van der Waals surface area contributed by atoms with E-state index in [9.17, 15) is 16.8 Å². The summed E-state index contributed by atoms with van der Waals surface area (Å²) < 4.78 is 52.6. The number of ether oxygens (including phenoxy) is 1. The standard InChI is InChI=1S/C13H22N4O5S2/c1-14-13(15-2)16-9-10-22-12-7-5-11(6-8-12)17(23(3,18)19)24(4,20)21/h5-8H,9-10H2,1-4H3,(H2,14,15,16). The molecule has 0 aromatic heterocycles. The lowest BCUT2D eigenvalue weighted by atomic mass is 10.3. The maximum atomic E-state index is 11.7. The highest BCUT2D eigenvalue weighted by molar-refractivity contribution is 8.09. The van der Waals surface area contributed by atoms with Gasteiger partial charge in [0, 0.05) is 14.1 Å². The molecule has 1 rings (SSSR count). The molecule has 1 aromatic carbocycles. The first kappa shape index (κ1) is 20.0. The summed E-state index contributed by atoms with van der Waals surface area (Å²) in [6.07, 6.45) is 1.66. The van der Waals surface area contributed by atoms with Gasteiger partial charge < -0.3 is 15.4 Å². The van der Waals surface area contributed by atoms with E-state index >= 15 is 0 Å². The molecule has 0 aliphatic rings. The highest BCUT2D eigenvalue weighted by Gasteiger charge is 2.27. The van der Waals surface area contributed by atoms with Gasteiger partial charge in [-0.05, 0) is 24.3 Å². The van der Waals surface area contributed by atoms with Crippen molar-refractivity contribution >= 4 is 31.7 Å². The van der Waals surface area contributed by atoms with E-state index in [1.54, 1.807) is 14.1 Å². The lowest BCUT2D eigenvalue weighted by Gasteiger charge is -2.19. The van der Waals surface area contributed by atoms with Crippen LogP contribution in [0.25, 0.3) is 0 Å². The molecule has 0 saturated heterocycles. The maximum absolute atomic E-state index is 11.7. The third-order valence-corrected chi connectivity index (χ3v) is 6.02. The number of sulfonamides is 2.